The highest BCUT2D eigenvalue weighted by Gasteiger charge is 2.35. The Bertz CT molecular complexity index is 1350. The van der Waals surface area contributed by atoms with Crippen LogP contribution in [0.1, 0.15) is 72.7 Å². The van der Waals surface area contributed by atoms with E-state index in [-0.39, 0.29) is 49.9 Å². The van der Waals surface area contributed by atoms with E-state index in [1.165, 1.54) is 4.90 Å². The van der Waals surface area contributed by atoms with Gasteiger partial charge in [0, 0.05) is 32.4 Å². The van der Waals surface area contributed by atoms with E-state index in [9.17, 15) is 24.0 Å². The number of hydrogen-bond acceptors (Lipinski definition) is 9. The van der Waals surface area contributed by atoms with Gasteiger partial charge in [0.1, 0.15) is 24.4 Å². The summed E-state index contributed by atoms with van der Waals surface area (Å²) in [5.41, 5.74) is 1.48. The molecule has 12 nitrogen and oxygen atoms in total. The molecule has 4 rings (SSSR count). The Hall–Kier alpha value is -4.74. The quantitative estimate of drug-likeness (QED) is 0.281. The van der Waals surface area contributed by atoms with Crippen molar-refractivity contribution < 1.29 is 38.3 Å². The van der Waals surface area contributed by atoms with Crippen LogP contribution >= 0.6 is 0 Å². The van der Waals surface area contributed by atoms with E-state index in [0.29, 0.717) is 36.1 Å². The van der Waals surface area contributed by atoms with Gasteiger partial charge in [0.05, 0.1) is 16.8 Å². The molecule has 2 heterocycles. The van der Waals surface area contributed by atoms with Crippen molar-refractivity contribution in [3.63, 3.8) is 0 Å². The van der Waals surface area contributed by atoms with Gasteiger partial charge in [-0.1, -0.05) is 47.6 Å². The van der Waals surface area contributed by atoms with Gasteiger partial charge in [-0.05, 0) is 44.9 Å². The van der Waals surface area contributed by atoms with Gasteiger partial charge in [-0.25, -0.2) is 9.59 Å². The van der Waals surface area contributed by atoms with Gasteiger partial charge in [-0.15, -0.1) is 0 Å². The lowest BCUT2D eigenvalue weighted by Gasteiger charge is -2.24. The van der Waals surface area contributed by atoms with Crippen molar-refractivity contribution >= 4 is 35.5 Å². The van der Waals surface area contributed by atoms with Gasteiger partial charge >= 0.3 is 12.1 Å². The van der Waals surface area contributed by atoms with Crippen LogP contribution < -0.4 is 10.6 Å². The molecule has 228 valence electrons. The first-order valence-corrected chi connectivity index (χ1v) is 14.1. The molecule has 1 unspecified atom stereocenters. The number of benzene rings is 2. The number of ether oxygens (including phenoxy) is 2. The van der Waals surface area contributed by atoms with Crippen molar-refractivity contribution in [2.75, 3.05) is 13.1 Å². The molecule has 0 saturated carbocycles. The Labute approximate surface area is 249 Å². The molecular formula is C31H36N4O8. The van der Waals surface area contributed by atoms with E-state index in [1.54, 1.807) is 57.2 Å². The lowest BCUT2D eigenvalue weighted by molar-refractivity contribution is -0.157. The van der Waals surface area contributed by atoms with E-state index in [1.807, 2.05) is 18.2 Å². The van der Waals surface area contributed by atoms with Crippen LogP contribution in [-0.4, -0.2) is 71.2 Å². The summed E-state index contributed by atoms with van der Waals surface area (Å²) in [7, 11) is 0. The summed E-state index contributed by atoms with van der Waals surface area (Å²) in [5.74, 6) is -1.70. The number of oxime groups is 1. The predicted octanol–water partition coefficient (Wildman–Crippen LogP) is 3.35. The summed E-state index contributed by atoms with van der Waals surface area (Å²) in [6.07, 6.45) is 0.125. The first-order valence-electron chi connectivity index (χ1n) is 14.1. The van der Waals surface area contributed by atoms with Crippen molar-refractivity contribution in [3.8, 4) is 0 Å². The Morgan fingerprint density at radius 3 is 2.33 bits per heavy atom. The lowest BCUT2D eigenvalue weighted by atomic mass is 10.1. The number of carbonyl (C=O) groups excluding carboxylic acids is 5. The highest BCUT2D eigenvalue weighted by molar-refractivity contribution is 6.21. The minimum atomic E-state index is -1.16. The van der Waals surface area contributed by atoms with Gasteiger partial charge in [0.2, 0.25) is 5.91 Å². The molecule has 0 fully saturated rings. The zero-order chi connectivity index (χ0) is 31.0. The fourth-order valence-corrected chi connectivity index (χ4v) is 4.54. The summed E-state index contributed by atoms with van der Waals surface area (Å²) in [6, 6.07) is 14.6. The van der Waals surface area contributed by atoms with Crippen molar-refractivity contribution in [1.82, 2.24) is 15.5 Å². The Kier molecular flexibility index (Phi) is 10.1. The molecule has 0 aromatic heterocycles. The van der Waals surface area contributed by atoms with Crippen LogP contribution in [0.25, 0.3) is 0 Å². The highest BCUT2D eigenvalue weighted by Crippen LogP contribution is 2.24. The molecule has 0 spiro atoms. The molecule has 0 radical (unpaired) electrons. The number of esters is 1. The van der Waals surface area contributed by atoms with Crippen LogP contribution in [0.15, 0.2) is 59.8 Å². The molecule has 0 aliphatic carbocycles. The maximum atomic E-state index is 12.7. The number of nitrogens with zero attached hydrogens (tertiary/aromatic N) is 2. The number of alkyl carbamates (subject to hydrolysis) is 1. The number of amides is 4. The molecule has 2 aromatic carbocycles. The molecule has 2 aliphatic heterocycles. The number of hydrogen-bond donors (Lipinski definition) is 2. The standard InChI is InChI=1S/C31H36N4O8/c1-31(2,3)42-29(39)25(33-30(40)41-19-20-9-5-4-6-10-20)18-32-26(36)14-13-22-17-21(34-43-22)15-16-35-27(37)23-11-7-8-12-24(23)28(35)38/h4-12,22,25H,13-19H2,1-3H3,(H,32,36)(H,33,40)/t22?,25-/m0/s1. The fourth-order valence-electron chi connectivity index (χ4n) is 4.54. The second-order valence-corrected chi connectivity index (χ2v) is 11.3. The van der Waals surface area contributed by atoms with E-state index >= 15 is 0 Å². The van der Waals surface area contributed by atoms with Crippen LogP contribution in [0.5, 0.6) is 0 Å². The smallest absolute Gasteiger partial charge is 0.408 e. The molecule has 0 saturated heterocycles. The summed E-state index contributed by atoms with van der Waals surface area (Å²) in [5, 5.41) is 9.20. The Morgan fingerprint density at radius 2 is 1.67 bits per heavy atom. The monoisotopic (exact) mass is 592 g/mol. The Morgan fingerprint density at radius 1 is 1.02 bits per heavy atom. The number of carbonyl (C=O) groups is 5. The van der Waals surface area contributed by atoms with Crippen LogP contribution in [0.2, 0.25) is 0 Å². The van der Waals surface area contributed by atoms with Crippen LogP contribution in [0.3, 0.4) is 0 Å². The average Bonchev–Trinajstić information content (AvgIpc) is 3.53. The molecule has 4 amide bonds. The van der Waals surface area contributed by atoms with E-state index in [2.05, 4.69) is 15.8 Å². The van der Waals surface area contributed by atoms with Crippen molar-refractivity contribution in [3.05, 3.63) is 71.3 Å². The highest BCUT2D eigenvalue weighted by atomic mass is 16.6. The number of nitrogens with one attached hydrogen (secondary N) is 2. The third-order valence-electron chi connectivity index (χ3n) is 6.69. The van der Waals surface area contributed by atoms with Gasteiger partial charge in [0.25, 0.3) is 11.8 Å². The van der Waals surface area contributed by atoms with Gasteiger partial charge in [0.15, 0.2) is 0 Å². The third-order valence-corrected chi connectivity index (χ3v) is 6.69. The minimum absolute atomic E-state index is 0.0177. The second kappa shape index (κ2) is 14.0. The van der Waals surface area contributed by atoms with Crippen LogP contribution in [0.4, 0.5) is 4.79 Å². The van der Waals surface area contributed by atoms with Crippen molar-refractivity contribution in [1.29, 1.82) is 0 Å². The van der Waals surface area contributed by atoms with Crippen LogP contribution in [0, 0.1) is 0 Å². The largest absolute Gasteiger partial charge is 0.458 e. The Balaban J connectivity index is 1.19. The maximum absolute atomic E-state index is 12.7. The molecule has 2 aliphatic rings. The molecule has 43 heavy (non-hydrogen) atoms. The zero-order valence-corrected chi connectivity index (χ0v) is 24.5. The normalized spacial score (nSPS) is 16.6. The second-order valence-electron chi connectivity index (χ2n) is 11.3. The summed E-state index contributed by atoms with van der Waals surface area (Å²) in [6.45, 7) is 5.12. The molecule has 2 atom stereocenters. The van der Waals surface area contributed by atoms with E-state index in [0.717, 1.165) is 5.56 Å². The molecular weight excluding hydrogens is 556 g/mol. The zero-order valence-electron chi connectivity index (χ0n) is 24.5. The maximum Gasteiger partial charge on any atom is 0.408 e. The summed E-state index contributed by atoms with van der Waals surface area (Å²) < 4.78 is 10.6. The van der Waals surface area contributed by atoms with Crippen LogP contribution in [-0.2, 0) is 30.5 Å². The molecule has 0 bridgehead atoms. The topological polar surface area (TPSA) is 153 Å². The molecule has 12 heteroatoms. The fraction of sp³-hybridized carbons (Fsp3) is 0.419. The SMILES string of the molecule is CC(C)(C)OC(=O)[C@H](CNC(=O)CCC1CC(CCN2C(=O)c3ccccc3C2=O)=NO1)NC(=O)OCc1ccccc1. The van der Waals surface area contributed by atoms with Gasteiger partial charge in [-0.3, -0.25) is 19.3 Å². The van der Waals surface area contributed by atoms with Gasteiger partial charge < -0.3 is 24.9 Å². The van der Waals surface area contributed by atoms with Crippen molar-refractivity contribution in [2.45, 2.75) is 70.8 Å². The third kappa shape index (κ3) is 8.87. The summed E-state index contributed by atoms with van der Waals surface area (Å²) in [4.78, 5) is 69.5. The number of rotatable bonds is 12. The molecule has 2 aromatic rings. The lowest BCUT2D eigenvalue weighted by Crippen LogP contribution is -2.50. The average molecular weight is 593 g/mol. The van der Waals surface area contributed by atoms with Crippen molar-refractivity contribution in [2.24, 2.45) is 5.16 Å². The summed E-state index contributed by atoms with van der Waals surface area (Å²) >= 11 is 0. The van der Waals surface area contributed by atoms with E-state index in [4.69, 9.17) is 14.3 Å². The first kappa shape index (κ1) is 31.2. The number of fused-ring (bicyclic) bond motifs is 1. The van der Waals surface area contributed by atoms with E-state index < -0.39 is 23.7 Å². The molecule has 2 N–H and O–H groups in total. The first-order chi connectivity index (χ1) is 20.5. The predicted molar refractivity (Wildman–Crippen MR) is 155 cm³/mol. The van der Waals surface area contributed by atoms with Gasteiger partial charge in [-0.2, -0.15) is 0 Å². The number of imide groups is 1. The minimum Gasteiger partial charge on any atom is -0.458 e.